The van der Waals surface area contributed by atoms with Gasteiger partial charge in [-0.3, -0.25) is 9.59 Å². The van der Waals surface area contributed by atoms with E-state index in [4.69, 9.17) is 5.73 Å². The van der Waals surface area contributed by atoms with Gasteiger partial charge in [0.1, 0.15) is 11.6 Å². The average molecular weight is 508 g/mol. The predicted molar refractivity (Wildman–Crippen MR) is 148 cm³/mol. The highest BCUT2D eigenvalue weighted by atomic mass is 19.1. The standard InChI is InChI=1S/C30H26FN5O2/c31-20-11-12-27(26(32)16-20)36-30(38)19-10-13-28(35-18-19)33-14-5-15-34-29(37)17-25-23-8-3-1-6-21(23)22-7-2-4-9-24(22)25/h1-4,6-13,16-18H,5,14-15,32H2,(H,33,35)(H,34,37)(H,36,38). The van der Waals surface area contributed by atoms with Gasteiger partial charge in [0.15, 0.2) is 0 Å². The van der Waals surface area contributed by atoms with Crippen molar-refractivity contribution in [3.63, 3.8) is 0 Å². The van der Waals surface area contributed by atoms with E-state index in [-0.39, 0.29) is 11.6 Å². The molecule has 0 unspecified atom stereocenters. The fourth-order valence-corrected chi connectivity index (χ4v) is 4.38. The number of aromatic nitrogens is 1. The van der Waals surface area contributed by atoms with Gasteiger partial charge < -0.3 is 21.7 Å². The van der Waals surface area contributed by atoms with Gasteiger partial charge in [-0.2, -0.15) is 0 Å². The minimum Gasteiger partial charge on any atom is -0.397 e. The normalized spacial score (nSPS) is 11.3. The Hall–Kier alpha value is -4.98. The van der Waals surface area contributed by atoms with E-state index in [9.17, 15) is 14.0 Å². The maximum atomic E-state index is 13.2. The summed E-state index contributed by atoms with van der Waals surface area (Å²) >= 11 is 0. The summed E-state index contributed by atoms with van der Waals surface area (Å²) in [7, 11) is 0. The Morgan fingerprint density at radius 3 is 2.18 bits per heavy atom. The summed E-state index contributed by atoms with van der Waals surface area (Å²) in [5.74, 6) is -0.400. The second-order valence-electron chi connectivity index (χ2n) is 8.84. The molecule has 2 amide bonds. The van der Waals surface area contributed by atoms with Gasteiger partial charge in [0.05, 0.1) is 16.9 Å². The fourth-order valence-electron chi connectivity index (χ4n) is 4.38. The third-order valence-electron chi connectivity index (χ3n) is 6.25. The molecule has 0 atom stereocenters. The van der Waals surface area contributed by atoms with Crippen molar-refractivity contribution in [3.05, 3.63) is 114 Å². The zero-order valence-corrected chi connectivity index (χ0v) is 20.5. The lowest BCUT2D eigenvalue weighted by Gasteiger charge is -2.09. The summed E-state index contributed by atoms with van der Waals surface area (Å²) < 4.78 is 13.2. The molecule has 3 aromatic carbocycles. The van der Waals surface area contributed by atoms with Crippen LogP contribution >= 0.6 is 0 Å². The highest BCUT2D eigenvalue weighted by molar-refractivity contribution is 6.08. The van der Waals surface area contributed by atoms with Crippen LogP contribution in [-0.2, 0) is 4.79 Å². The Morgan fingerprint density at radius 2 is 1.55 bits per heavy atom. The molecule has 1 aromatic heterocycles. The third-order valence-corrected chi connectivity index (χ3v) is 6.25. The van der Waals surface area contributed by atoms with Gasteiger partial charge in [-0.05, 0) is 64.6 Å². The second-order valence-corrected chi connectivity index (χ2v) is 8.84. The van der Waals surface area contributed by atoms with Gasteiger partial charge in [0.2, 0.25) is 5.91 Å². The van der Waals surface area contributed by atoms with E-state index in [0.29, 0.717) is 36.6 Å². The molecule has 0 aliphatic heterocycles. The van der Waals surface area contributed by atoms with Crippen molar-refractivity contribution in [2.75, 3.05) is 29.5 Å². The summed E-state index contributed by atoms with van der Waals surface area (Å²) in [5, 5.41) is 8.77. The van der Waals surface area contributed by atoms with E-state index in [1.807, 2.05) is 36.4 Å². The molecule has 5 rings (SSSR count). The van der Waals surface area contributed by atoms with E-state index < -0.39 is 11.7 Å². The summed E-state index contributed by atoms with van der Waals surface area (Å²) in [6.45, 7) is 1.09. The third kappa shape index (κ3) is 5.39. The van der Waals surface area contributed by atoms with Crippen LogP contribution in [0.4, 0.5) is 21.6 Å². The molecule has 0 bridgehead atoms. The number of carbonyl (C=O) groups excluding carboxylic acids is 2. The highest BCUT2D eigenvalue weighted by Crippen LogP contribution is 2.43. The number of hydrogen-bond acceptors (Lipinski definition) is 5. The van der Waals surface area contributed by atoms with E-state index in [1.54, 1.807) is 18.2 Å². The van der Waals surface area contributed by atoms with E-state index in [1.165, 1.54) is 18.3 Å². The number of nitrogens with zero attached hydrogens (tertiary/aromatic N) is 1. The molecule has 0 radical (unpaired) electrons. The molecule has 38 heavy (non-hydrogen) atoms. The van der Waals surface area contributed by atoms with Crippen molar-refractivity contribution < 1.29 is 14.0 Å². The number of nitrogens with one attached hydrogen (secondary N) is 3. The number of amides is 2. The number of carbonyl (C=O) groups is 2. The summed E-state index contributed by atoms with van der Waals surface area (Å²) in [6.07, 6.45) is 3.81. The van der Waals surface area contributed by atoms with E-state index in [0.717, 1.165) is 33.9 Å². The van der Waals surface area contributed by atoms with Crippen LogP contribution in [0, 0.1) is 5.82 Å². The predicted octanol–water partition coefficient (Wildman–Crippen LogP) is 5.09. The number of halogens is 1. The van der Waals surface area contributed by atoms with E-state index >= 15 is 0 Å². The van der Waals surface area contributed by atoms with Crippen LogP contribution in [0.15, 0.2) is 91.1 Å². The lowest BCUT2D eigenvalue weighted by molar-refractivity contribution is -0.116. The molecule has 1 aliphatic rings. The Kier molecular flexibility index (Phi) is 7.13. The molecular weight excluding hydrogens is 481 g/mol. The van der Waals surface area contributed by atoms with Crippen molar-refractivity contribution >= 4 is 34.6 Å². The first-order valence-corrected chi connectivity index (χ1v) is 12.2. The largest absolute Gasteiger partial charge is 0.397 e. The van der Waals surface area contributed by atoms with Crippen LogP contribution in [0.3, 0.4) is 0 Å². The van der Waals surface area contributed by atoms with Crippen molar-refractivity contribution in [3.8, 4) is 11.1 Å². The van der Waals surface area contributed by atoms with Crippen LogP contribution < -0.4 is 21.7 Å². The van der Waals surface area contributed by atoms with Crippen molar-refractivity contribution in [2.45, 2.75) is 6.42 Å². The van der Waals surface area contributed by atoms with Gasteiger partial charge in [0, 0.05) is 25.4 Å². The number of hydrogen-bond donors (Lipinski definition) is 4. The quantitative estimate of drug-likeness (QED) is 0.133. The smallest absolute Gasteiger partial charge is 0.257 e. The van der Waals surface area contributed by atoms with Crippen molar-refractivity contribution in [1.82, 2.24) is 10.3 Å². The maximum Gasteiger partial charge on any atom is 0.257 e. The average Bonchev–Trinajstić information content (AvgIpc) is 3.24. The molecule has 0 saturated heterocycles. The van der Waals surface area contributed by atoms with Crippen LogP contribution in [-0.4, -0.2) is 29.9 Å². The first kappa shape index (κ1) is 24.7. The van der Waals surface area contributed by atoms with Crippen molar-refractivity contribution in [1.29, 1.82) is 0 Å². The van der Waals surface area contributed by atoms with Crippen LogP contribution in [0.25, 0.3) is 16.7 Å². The topological polar surface area (TPSA) is 109 Å². The highest BCUT2D eigenvalue weighted by Gasteiger charge is 2.23. The molecule has 1 aliphatic carbocycles. The number of anilines is 3. The van der Waals surface area contributed by atoms with Crippen molar-refractivity contribution in [2.24, 2.45) is 0 Å². The summed E-state index contributed by atoms with van der Waals surface area (Å²) in [6, 6.07) is 23.3. The minimum absolute atomic E-state index is 0.137. The van der Waals surface area contributed by atoms with E-state index in [2.05, 4.69) is 33.1 Å². The molecule has 0 spiro atoms. The number of pyridine rings is 1. The number of nitrogen functional groups attached to an aromatic ring is 1. The molecule has 0 fully saturated rings. The number of fused-ring (bicyclic) bond motifs is 3. The number of rotatable bonds is 8. The molecule has 1 heterocycles. The van der Waals surface area contributed by atoms with Gasteiger partial charge in [0.25, 0.3) is 5.91 Å². The molecule has 0 saturated carbocycles. The summed E-state index contributed by atoms with van der Waals surface area (Å²) in [5.41, 5.74) is 11.9. The zero-order valence-electron chi connectivity index (χ0n) is 20.5. The van der Waals surface area contributed by atoms with Crippen LogP contribution in [0.5, 0.6) is 0 Å². The molecule has 5 N–H and O–H groups in total. The molecule has 8 heteroatoms. The lowest BCUT2D eigenvalue weighted by atomic mass is 10.0. The molecule has 7 nitrogen and oxygen atoms in total. The van der Waals surface area contributed by atoms with Crippen LogP contribution in [0.2, 0.25) is 0 Å². The number of benzene rings is 3. The molecule has 190 valence electrons. The van der Waals surface area contributed by atoms with Gasteiger partial charge in [-0.15, -0.1) is 0 Å². The fraction of sp³-hybridized carbons (Fsp3) is 0.100. The zero-order chi connectivity index (χ0) is 26.5. The molecule has 4 aromatic rings. The Labute approximate surface area is 219 Å². The van der Waals surface area contributed by atoms with Gasteiger partial charge in [-0.25, -0.2) is 9.37 Å². The number of nitrogens with two attached hydrogens (primary N) is 1. The first-order chi connectivity index (χ1) is 18.5. The SMILES string of the molecule is Nc1cc(F)ccc1NC(=O)c1ccc(NCCCNC(=O)C=C2c3ccccc3-c3ccccc32)nc1. The van der Waals surface area contributed by atoms with Gasteiger partial charge >= 0.3 is 0 Å². The Bertz CT molecular complexity index is 1480. The Balaban J connectivity index is 1.09. The minimum atomic E-state index is -0.473. The lowest BCUT2D eigenvalue weighted by Crippen LogP contribution is -2.24. The van der Waals surface area contributed by atoms with Crippen LogP contribution in [0.1, 0.15) is 27.9 Å². The second kappa shape index (κ2) is 11.0. The Morgan fingerprint density at radius 1 is 0.868 bits per heavy atom. The molecular formula is C30H26FN5O2. The van der Waals surface area contributed by atoms with Gasteiger partial charge in [-0.1, -0.05) is 48.5 Å². The summed E-state index contributed by atoms with van der Waals surface area (Å²) in [4.78, 5) is 29.3. The monoisotopic (exact) mass is 507 g/mol. The maximum absolute atomic E-state index is 13.2. The first-order valence-electron chi connectivity index (χ1n) is 12.2.